The Morgan fingerprint density at radius 1 is 1.33 bits per heavy atom. The van der Waals surface area contributed by atoms with Crippen LogP contribution in [0.15, 0.2) is 30.3 Å². The van der Waals surface area contributed by atoms with Crippen LogP contribution in [0.3, 0.4) is 0 Å². The number of hydrogen-bond donors (Lipinski definition) is 1. The maximum atomic E-state index is 4.74. The minimum Gasteiger partial charge on any atom is -0.357 e. The molecule has 1 fully saturated rings. The van der Waals surface area contributed by atoms with Crippen LogP contribution in [0, 0.1) is 12.8 Å². The first-order chi connectivity index (χ1) is 8.74. The van der Waals surface area contributed by atoms with Gasteiger partial charge in [0.15, 0.2) is 5.13 Å². The average Bonchev–Trinajstić information content (AvgIpc) is 2.98. The van der Waals surface area contributed by atoms with Gasteiger partial charge in [0.1, 0.15) is 0 Å². The Balaban J connectivity index is 1.67. The Morgan fingerprint density at radius 2 is 2.06 bits per heavy atom. The van der Waals surface area contributed by atoms with Crippen LogP contribution >= 0.6 is 11.3 Å². The molecule has 2 nitrogen and oxygen atoms in total. The second-order valence-electron chi connectivity index (χ2n) is 5.12. The maximum absolute atomic E-state index is 4.74. The number of aromatic nitrogens is 1. The fourth-order valence-electron chi connectivity index (χ4n) is 2.30. The molecule has 0 amide bonds. The van der Waals surface area contributed by atoms with E-state index in [0.29, 0.717) is 5.92 Å². The Morgan fingerprint density at radius 3 is 2.72 bits per heavy atom. The van der Waals surface area contributed by atoms with Crippen LogP contribution in [-0.2, 0) is 6.54 Å². The second kappa shape index (κ2) is 4.73. The van der Waals surface area contributed by atoms with E-state index in [4.69, 9.17) is 4.98 Å². The van der Waals surface area contributed by atoms with Gasteiger partial charge in [0.25, 0.3) is 0 Å². The molecule has 1 aliphatic carbocycles. The van der Waals surface area contributed by atoms with Gasteiger partial charge in [-0.3, -0.25) is 0 Å². The quantitative estimate of drug-likeness (QED) is 0.889. The predicted octanol–water partition coefficient (Wildman–Crippen LogP) is 4.19. The SMILES string of the molecule is Cc1sc(NCc2ccccc2)nc1C1CC1C. The number of nitrogens with zero attached hydrogens (tertiary/aromatic N) is 1. The summed E-state index contributed by atoms with van der Waals surface area (Å²) in [6.45, 7) is 5.35. The molecule has 0 saturated heterocycles. The van der Waals surface area contributed by atoms with Crippen molar-refractivity contribution >= 4 is 16.5 Å². The normalized spacial score (nSPS) is 21.9. The van der Waals surface area contributed by atoms with Crippen molar-refractivity contribution in [3.05, 3.63) is 46.5 Å². The lowest BCUT2D eigenvalue weighted by Gasteiger charge is -2.01. The number of anilines is 1. The number of hydrogen-bond acceptors (Lipinski definition) is 3. The van der Waals surface area contributed by atoms with E-state index in [9.17, 15) is 0 Å². The molecular weight excluding hydrogens is 240 g/mol. The van der Waals surface area contributed by atoms with Crippen LogP contribution in [-0.4, -0.2) is 4.98 Å². The molecule has 2 unspecified atom stereocenters. The molecule has 94 valence electrons. The first-order valence-corrected chi connectivity index (χ1v) is 7.31. The van der Waals surface area contributed by atoms with E-state index >= 15 is 0 Å². The largest absolute Gasteiger partial charge is 0.357 e. The van der Waals surface area contributed by atoms with E-state index < -0.39 is 0 Å². The monoisotopic (exact) mass is 258 g/mol. The van der Waals surface area contributed by atoms with Crippen LogP contribution in [0.25, 0.3) is 0 Å². The standard InChI is InChI=1S/C15H18N2S/c1-10-8-13(10)14-11(2)18-15(17-14)16-9-12-6-4-3-5-7-12/h3-7,10,13H,8-9H2,1-2H3,(H,16,17). The van der Waals surface area contributed by atoms with E-state index in [1.165, 1.54) is 22.6 Å². The molecule has 18 heavy (non-hydrogen) atoms. The van der Waals surface area contributed by atoms with Gasteiger partial charge in [0.2, 0.25) is 0 Å². The van der Waals surface area contributed by atoms with Gasteiger partial charge >= 0.3 is 0 Å². The maximum Gasteiger partial charge on any atom is 0.183 e. The van der Waals surface area contributed by atoms with Crippen molar-refractivity contribution < 1.29 is 0 Å². The van der Waals surface area contributed by atoms with Crippen molar-refractivity contribution in [3.63, 3.8) is 0 Å². The molecule has 2 atom stereocenters. The van der Waals surface area contributed by atoms with Gasteiger partial charge in [0.05, 0.1) is 5.69 Å². The zero-order valence-corrected chi connectivity index (χ0v) is 11.6. The van der Waals surface area contributed by atoms with Crippen molar-refractivity contribution in [2.24, 2.45) is 5.92 Å². The van der Waals surface area contributed by atoms with Crippen LogP contribution < -0.4 is 5.32 Å². The Labute approximate surface area is 112 Å². The Hall–Kier alpha value is -1.35. The summed E-state index contributed by atoms with van der Waals surface area (Å²) in [6.07, 6.45) is 1.31. The van der Waals surface area contributed by atoms with Gasteiger partial charge in [-0.2, -0.15) is 0 Å². The predicted molar refractivity (Wildman–Crippen MR) is 77.1 cm³/mol. The molecule has 3 rings (SSSR count). The minimum atomic E-state index is 0.716. The average molecular weight is 258 g/mol. The summed E-state index contributed by atoms with van der Waals surface area (Å²) in [7, 11) is 0. The zero-order valence-electron chi connectivity index (χ0n) is 10.8. The van der Waals surface area contributed by atoms with E-state index in [1.807, 2.05) is 6.07 Å². The molecule has 1 heterocycles. The van der Waals surface area contributed by atoms with E-state index in [-0.39, 0.29) is 0 Å². The summed E-state index contributed by atoms with van der Waals surface area (Å²) < 4.78 is 0. The van der Waals surface area contributed by atoms with Crippen LogP contribution in [0.1, 0.15) is 35.4 Å². The fourth-order valence-corrected chi connectivity index (χ4v) is 3.18. The molecule has 1 saturated carbocycles. The molecule has 2 aromatic rings. The van der Waals surface area contributed by atoms with Crippen LogP contribution in [0.2, 0.25) is 0 Å². The molecule has 1 aliphatic rings. The zero-order chi connectivity index (χ0) is 12.5. The number of thiazole rings is 1. The summed E-state index contributed by atoms with van der Waals surface area (Å²) in [4.78, 5) is 6.12. The van der Waals surface area contributed by atoms with Crippen molar-refractivity contribution in [1.82, 2.24) is 4.98 Å². The van der Waals surface area contributed by atoms with Crippen molar-refractivity contribution in [2.45, 2.75) is 32.7 Å². The molecule has 0 aliphatic heterocycles. The molecule has 0 bridgehead atoms. The summed E-state index contributed by atoms with van der Waals surface area (Å²) in [5.41, 5.74) is 2.62. The topological polar surface area (TPSA) is 24.9 Å². The van der Waals surface area contributed by atoms with Gasteiger partial charge in [-0.1, -0.05) is 37.3 Å². The van der Waals surface area contributed by atoms with Crippen molar-refractivity contribution in [2.75, 3.05) is 5.32 Å². The lowest BCUT2D eigenvalue weighted by molar-refractivity contribution is 0.886. The summed E-state index contributed by atoms with van der Waals surface area (Å²) in [5.74, 6) is 1.54. The molecule has 3 heteroatoms. The number of rotatable bonds is 4. The highest BCUT2D eigenvalue weighted by molar-refractivity contribution is 7.15. The summed E-state index contributed by atoms with van der Waals surface area (Å²) >= 11 is 1.78. The third-order valence-electron chi connectivity index (χ3n) is 3.58. The fraction of sp³-hybridized carbons (Fsp3) is 0.400. The van der Waals surface area contributed by atoms with Crippen molar-refractivity contribution in [3.8, 4) is 0 Å². The van der Waals surface area contributed by atoms with Crippen molar-refractivity contribution in [1.29, 1.82) is 0 Å². The minimum absolute atomic E-state index is 0.716. The van der Waals surface area contributed by atoms with Gasteiger partial charge in [-0.15, -0.1) is 11.3 Å². The van der Waals surface area contributed by atoms with Crippen LogP contribution in [0.4, 0.5) is 5.13 Å². The van der Waals surface area contributed by atoms with E-state index in [2.05, 4.69) is 43.4 Å². The number of benzene rings is 1. The molecule has 1 aromatic heterocycles. The highest BCUT2D eigenvalue weighted by Crippen LogP contribution is 2.48. The highest BCUT2D eigenvalue weighted by atomic mass is 32.1. The first kappa shape index (κ1) is 11.7. The highest BCUT2D eigenvalue weighted by Gasteiger charge is 2.37. The summed E-state index contributed by atoms with van der Waals surface area (Å²) in [5, 5.41) is 4.49. The Kier molecular flexibility index (Phi) is 3.08. The van der Waals surface area contributed by atoms with Gasteiger partial charge in [-0.25, -0.2) is 4.98 Å². The molecular formula is C15H18N2S. The molecule has 1 N–H and O–H groups in total. The van der Waals surface area contributed by atoms with Gasteiger partial charge < -0.3 is 5.32 Å². The van der Waals surface area contributed by atoms with Crippen LogP contribution in [0.5, 0.6) is 0 Å². The summed E-state index contributed by atoms with van der Waals surface area (Å²) in [6, 6.07) is 10.5. The number of nitrogens with one attached hydrogen (secondary N) is 1. The lowest BCUT2D eigenvalue weighted by Crippen LogP contribution is -1.98. The Bertz CT molecular complexity index is 533. The molecule has 0 radical (unpaired) electrons. The van der Waals surface area contributed by atoms with E-state index in [0.717, 1.165) is 17.6 Å². The first-order valence-electron chi connectivity index (χ1n) is 6.49. The third kappa shape index (κ3) is 2.41. The lowest BCUT2D eigenvalue weighted by atomic mass is 10.2. The number of aryl methyl sites for hydroxylation is 1. The molecule has 0 spiro atoms. The molecule has 1 aromatic carbocycles. The van der Waals surface area contributed by atoms with Gasteiger partial charge in [-0.05, 0) is 24.8 Å². The smallest absolute Gasteiger partial charge is 0.183 e. The third-order valence-corrected chi connectivity index (χ3v) is 4.52. The van der Waals surface area contributed by atoms with E-state index in [1.54, 1.807) is 11.3 Å². The second-order valence-corrected chi connectivity index (χ2v) is 6.32. The van der Waals surface area contributed by atoms with Gasteiger partial charge in [0, 0.05) is 17.3 Å².